The summed E-state index contributed by atoms with van der Waals surface area (Å²) < 4.78 is 5.41. The number of nitrogens with zero attached hydrogens (tertiary/aromatic N) is 2. The quantitative estimate of drug-likeness (QED) is 0.906. The van der Waals surface area contributed by atoms with Gasteiger partial charge in [0.2, 0.25) is 0 Å². The first-order chi connectivity index (χ1) is 9.76. The first-order valence-electron chi connectivity index (χ1n) is 7.43. The highest BCUT2D eigenvalue weighted by Gasteiger charge is 2.22. The van der Waals surface area contributed by atoms with Gasteiger partial charge in [0.15, 0.2) is 0 Å². The molecular formula is C15H22ClN3O. The van der Waals surface area contributed by atoms with Crippen molar-refractivity contribution in [2.45, 2.75) is 44.4 Å². The van der Waals surface area contributed by atoms with Crippen molar-refractivity contribution in [2.75, 3.05) is 25.1 Å². The van der Waals surface area contributed by atoms with Crippen LogP contribution in [0, 0.1) is 0 Å². The van der Waals surface area contributed by atoms with E-state index in [1.807, 2.05) is 12.1 Å². The van der Waals surface area contributed by atoms with Gasteiger partial charge in [-0.05, 0) is 37.8 Å². The summed E-state index contributed by atoms with van der Waals surface area (Å²) in [5, 5.41) is 4.23. The van der Waals surface area contributed by atoms with E-state index in [2.05, 4.69) is 10.2 Å². The summed E-state index contributed by atoms with van der Waals surface area (Å²) in [6, 6.07) is 4.67. The molecule has 0 bridgehead atoms. The Bertz CT molecular complexity index is 456. The Labute approximate surface area is 125 Å². The van der Waals surface area contributed by atoms with Gasteiger partial charge in [-0.3, -0.25) is 0 Å². The number of ether oxygens (including phenoxy) is 1. The Hall–Kier alpha value is -0.840. The van der Waals surface area contributed by atoms with Crippen molar-refractivity contribution < 1.29 is 4.74 Å². The standard InChI is InChI=1S/C15H22ClN3O/c1-20-12-6-8-19(9-7-12)15-5-4-13(16)14(18-15)10-17-11-2-3-11/h4-5,11-12,17H,2-3,6-10H2,1H3. The molecule has 2 heterocycles. The highest BCUT2D eigenvalue weighted by atomic mass is 35.5. The predicted octanol–water partition coefficient (Wildman–Crippen LogP) is 2.60. The maximum Gasteiger partial charge on any atom is 0.128 e. The third kappa shape index (κ3) is 3.43. The Balaban J connectivity index is 1.65. The second kappa shape index (κ2) is 6.29. The molecule has 1 aromatic rings. The molecule has 4 nitrogen and oxygen atoms in total. The summed E-state index contributed by atoms with van der Waals surface area (Å²) in [5.74, 6) is 1.04. The molecule has 0 amide bonds. The van der Waals surface area contributed by atoms with E-state index in [9.17, 15) is 0 Å². The topological polar surface area (TPSA) is 37.4 Å². The number of nitrogens with one attached hydrogen (secondary N) is 1. The van der Waals surface area contributed by atoms with Gasteiger partial charge in [0.25, 0.3) is 0 Å². The molecule has 1 aliphatic heterocycles. The minimum atomic E-state index is 0.398. The SMILES string of the molecule is COC1CCN(c2ccc(Cl)c(CNC3CC3)n2)CC1. The monoisotopic (exact) mass is 295 g/mol. The van der Waals surface area contributed by atoms with E-state index in [0.717, 1.165) is 49.0 Å². The van der Waals surface area contributed by atoms with Gasteiger partial charge in [-0.15, -0.1) is 0 Å². The van der Waals surface area contributed by atoms with Crippen molar-refractivity contribution >= 4 is 17.4 Å². The lowest BCUT2D eigenvalue weighted by atomic mass is 10.1. The van der Waals surface area contributed by atoms with Gasteiger partial charge in [0.05, 0.1) is 16.8 Å². The number of pyridine rings is 1. The molecule has 110 valence electrons. The fraction of sp³-hybridized carbons (Fsp3) is 0.667. The molecule has 0 radical (unpaired) electrons. The fourth-order valence-corrected chi connectivity index (χ4v) is 2.79. The number of methoxy groups -OCH3 is 1. The largest absolute Gasteiger partial charge is 0.381 e. The average Bonchev–Trinajstić information content (AvgIpc) is 3.31. The number of piperidine rings is 1. The minimum Gasteiger partial charge on any atom is -0.381 e. The van der Waals surface area contributed by atoms with Crippen LogP contribution in [0.1, 0.15) is 31.4 Å². The van der Waals surface area contributed by atoms with Crippen molar-refractivity contribution in [3.63, 3.8) is 0 Å². The molecule has 2 fully saturated rings. The number of halogens is 1. The van der Waals surface area contributed by atoms with Crippen molar-refractivity contribution in [1.82, 2.24) is 10.3 Å². The predicted molar refractivity (Wildman–Crippen MR) is 81.4 cm³/mol. The molecule has 2 aliphatic rings. The fourth-order valence-electron chi connectivity index (χ4n) is 2.62. The summed E-state index contributed by atoms with van der Waals surface area (Å²) in [6.07, 6.45) is 5.09. The minimum absolute atomic E-state index is 0.398. The Kier molecular flexibility index (Phi) is 4.44. The van der Waals surface area contributed by atoms with E-state index in [4.69, 9.17) is 21.3 Å². The molecule has 0 aromatic carbocycles. The maximum atomic E-state index is 6.24. The van der Waals surface area contributed by atoms with Crippen molar-refractivity contribution in [3.8, 4) is 0 Å². The molecule has 1 saturated heterocycles. The van der Waals surface area contributed by atoms with Crippen LogP contribution < -0.4 is 10.2 Å². The van der Waals surface area contributed by atoms with Crippen molar-refractivity contribution in [1.29, 1.82) is 0 Å². The molecule has 0 unspecified atom stereocenters. The highest BCUT2D eigenvalue weighted by molar-refractivity contribution is 6.31. The van der Waals surface area contributed by atoms with Gasteiger partial charge in [0, 0.05) is 32.8 Å². The van der Waals surface area contributed by atoms with Crippen LogP contribution in [0.3, 0.4) is 0 Å². The van der Waals surface area contributed by atoms with E-state index in [1.165, 1.54) is 12.8 Å². The lowest BCUT2D eigenvalue weighted by Gasteiger charge is -2.32. The summed E-state index contributed by atoms with van der Waals surface area (Å²) in [7, 11) is 1.79. The Morgan fingerprint density at radius 2 is 2.05 bits per heavy atom. The van der Waals surface area contributed by atoms with Crippen LogP contribution in [0.5, 0.6) is 0 Å². The van der Waals surface area contributed by atoms with Crippen LogP contribution in [0.15, 0.2) is 12.1 Å². The van der Waals surface area contributed by atoms with Gasteiger partial charge in [-0.1, -0.05) is 11.6 Å². The Morgan fingerprint density at radius 1 is 1.30 bits per heavy atom. The lowest BCUT2D eigenvalue weighted by molar-refractivity contribution is 0.0818. The molecule has 1 N–H and O–H groups in total. The maximum absolute atomic E-state index is 6.24. The first-order valence-corrected chi connectivity index (χ1v) is 7.80. The Morgan fingerprint density at radius 3 is 2.70 bits per heavy atom. The average molecular weight is 296 g/mol. The van der Waals surface area contributed by atoms with Crippen LogP contribution >= 0.6 is 11.6 Å². The van der Waals surface area contributed by atoms with Gasteiger partial charge in [-0.2, -0.15) is 0 Å². The van der Waals surface area contributed by atoms with Crippen LogP contribution in [-0.2, 0) is 11.3 Å². The van der Waals surface area contributed by atoms with Crippen LogP contribution in [-0.4, -0.2) is 37.3 Å². The van der Waals surface area contributed by atoms with Crippen molar-refractivity contribution in [2.24, 2.45) is 0 Å². The second-order valence-electron chi connectivity index (χ2n) is 5.68. The molecule has 1 aliphatic carbocycles. The van der Waals surface area contributed by atoms with Crippen LogP contribution in [0.4, 0.5) is 5.82 Å². The number of rotatable bonds is 5. The van der Waals surface area contributed by atoms with Gasteiger partial charge < -0.3 is 15.0 Å². The second-order valence-corrected chi connectivity index (χ2v) is 6.08. The number of hydrogen-bond acceptors (Lipinski definition) is 4. The zero-order valence-corrected chi connectivity index (χ0v) is 12.7. The zero-order chi connectivity index (χ0) is 13.9. The molecule has 3 rings (SSSR count). The third-order valence-electron chi connectivity index (χ3n) is 4.14. The molecule has 1 saturated carbocycles. The molecular weight excluding hydrogens is 274 g/mol. The summed E-state index contributed by atoms with van der Waals surface area (Å²) in [5.41, 5.74) is 0.963. The summed E-state index contributed by atoms with van der Waals surface area (Å²) in [4.78, 5) is 7.06. The number of anilines is 1. The zero-order valence-electron chi connectivity index (χ0n) is 11.9. The number of aromatic nitrogens is 1. The van der Waals surface area contributed by atoms with E-state index < -0.39 is 0 Å². The van der Waals surface area contributed by atoms with E-state index in [-0.39, 0.29) is 0 Å². The normalized spacial score (nSPS) is 20.4. The first kappa shape index (κ1) is 14.1. The van der Waals surface area contributed by atoms with Crippen LogP contribution in [0.2, 0.25) is 5.02 Å². The molecule has 5 heteroatoms. The van der Waals surface area contributed by atoms with E-state index in [1.54, 1.807) is 7.11 Å². The van der Waals surface area contributed by atoms with Crippen LogP contribution in [0.25, 0.3) is 0 Å². The molecule has 0 spiro atoms. The van der Waals surface area contributed by atoms with Crippen molar-refractivity contribution in [3.05, 3.63) is 22.8 Å². The molecule has 1 aromatic heterocycles. The molecule has 0 atom stereocenters. The van der Waals surface area contributed by atoms with Gasteiger partial charge in [-0.25, -0.2) is 4.98 Å². The lowest BCUT2D eigenvalue weighted by Crippen LogP contribution is -2.37. The highest BCUT2D eigenvalue weighted by Crippen LogP contribution is 2.24. The summed E-state index contributed by atoms with van der Waals surface area (Å²) in [6.45, 7) is 2.77. The third-order valence-corrected chi connectivity index (χ3v) is 4.48. The van der Waals surface area contributed by atoms with Gasteiger partial charge in [0.1, 0.15) is 5.82 Å². The van der Waals surface area contributed by atoms with E-state index >= 15 is 0 Å². The molecule has 20 heavy (non-hydrogen) atoms. The number of hydrogen-bond donors (Lipinski definition) is 1. The smallest absolute Gasteiger partial charge is 0.128 e. The van der Waals surface area contributed by atoms with E-state index in [0.29, 0.717) is 12.1 Å². The summed E-state index contributed by atoms with van der Waals surface area (Å²) >= 11 is 6.24. The van der Waals surface area contributed by atoms with Gasteiger partial charge >= 0.3 is 0 Å².